The van der Waals surface area contributed by atoms with Crippen LogP contribution in [0.1, 0.15) is 5.56 Å². The molecule has 15 heavy (non-hydrogen) atoms. The van der Waals surface area contributed by atoms with Gasteiger partial charge in [-0.15, -0.1) is 5.11 Å². The molecule has 0 saturated heterocycles. The minimum Gasteiger partial charge on any atom is -0.394 e. The molecule has 0 fully saturated rings. The Bertz CT molecular complexity index is 328. The van der Waals surface area contributed by atoms with Gasteiger partial charge in [-0.25, -0.2) is 0 Å². The van der Waals surface area contributed by atoms with Gasteiger partial charge in [-0.05, 0) is 17.7 Å². The van der Waals surface area contributed by atoms with E-state index in [1.165, 1.54) is 0 Å². The molecule has 0 spiro atoms. The van der Waals surface area contributed by atoms with Crippen molar-refractivity contribution in [2.45, 2.75) is 6.61 Å². The molecule has 0 unspecified atom stereocenters. The lowest BCUT2D eigenvalue weighted by molar-refractivity contribution is 0.219. The second-order valence-corrected chi connectivity index (χ2v) is 3.12. The fraction of sp³-hybridized carbons (Fsp3) is 0.400. The molecule has 82 valence electrons. The number of benzene rings is 1. The average Bonchev–Trinajstić information content (AvgIpc) is 2.27. The second-order valence-electron chi connectivity index (χ2n) is 3.12. The summed E-state index contributed by atoms with van der Waals surface area (Å²) in [6, 6.07) is 7.19. The van der Waals surface area contributed by atoms with Crippen LogP contribution in [0.3, 0.4) is 0 Å². The number of rotatable bonds is 5. The number of aliphatic hydroxyl groups excluding tert-OH is 2. The lowest BCUT2D eigenvalue weighted by Gasteiger charge is -2.07. The summed E-state index contributed by atoms with van der Waals surface area (Å²) >= 11 is 0. The molecule has 1 aromatic rings. The summed E-state index contributed by atoms with van der Waals surface area (Å²) in [5.41, 5.74) is 1.49. The average molecular weight is 209 g/mol. The molecule has 0 radical (unpaired) electrons. The van der Waals surface area contributed by atoms with E-state index in [0.29, 0.717) is 12.2 Å². The van der Waals surface area contributed by atoms with Gasteiger partial charge in [-0.3, -0.25) is 5.01 Å². The zero-order valence-electron chi connectivity index (χ0n) is 8.67. The van der Waals surface area contributed by atoms with Gasteiger partial charge in [0.25, 0.3) is 0 Å². The highest BCUT2D eigenvalue weighted by Gasteiger charge is 1.94. The minimum atomic E-state index is -0.00413. The summed E-state index contributed by atoms with van der Waals surface area (Å²) < 4.78 is 0. The standard InChI is InChI=1S/C10H15N3O2/c1-13(5-6-14)12-11-10-4-2-3-9(7-10)8-15/h2-4,7,14-15H,5-6,8H2,1H3. The minimum absolute atomic E-state index is 0.00413. The van der Waals surface area contributed by atoms with E-state index in [4.69, 9.17) is 10.2 Å². The van der Waals surface area contributed by atoms with E-state index in [9.17, 15) is 0 Å². The van der Waals surface area contributed by atoms with Gasteiger partial charge in [0.1, 0.15) is 0 Å². The predicted molar refractivity (Wildman–Crippen MR) is 56.6 cm³/mol. The summed E-state index contributed by atoms with van der Waals surface area (Å²) in [6.45, 7) is 0.491. The Morgan fingerprint density at radius 1 is 1.33 bits per heavy atom. The molecule has 0 amide bonds. The molecule has 0 aromatic heterocycles. The van der Waals surface area contributed by atoms with Crippen molar-refractivity contribution in [1.82, 2.24) is 5.01 Å². The van der Waals surface area contributed by atoms with Crippen LogP contribution in [0.4, 0.5) is 5.69 Å². The first-order valence-corrected chi connectivity index (χ1v) is 4.69. The molecule has 2 N–H and O–H groups in total. The van der Waals surface area contributed by atoms with E-state index in [0.717, 1.165) is 5.56 Å². The van der Waals surface area contributed by atoms with Gasteiger partial charge in [-0.1, -0.05) is 17.4 Å². The monoisotopic (exact) mass is 209 g/mol. The van der Waals surface area contributed by atoms with E-state index in [-0.39, 0.29) is 13.2 Å². The van der Waals surface area contributed by atoms with Crippen molar-refractivity contribution in [3.05, 3.63) is 29.8 Å². The van der Waals surface area contributed by atoms with E-state index < -0.39 is 0 Å². The van der Waals surface area contributed by atoms with E-state index in [2.05, 4.69) is 10.3 Å². The van der Waals surface area contributed by atoms with Crippen LogP contribution in [0.15, 0.2) is 34.6 Å². The quantitative estimate of drug-likeness (QED) is 0.563. The molecule has 0 aliphatic carbocycles. The number of likely N-dealkylation sites (N-methyl/N-ethyl adjacent to an activating group) is 1. The largest absolute Gasteiger partial charge is 0.394 e. The van der Waals surface area contributed by atoms with E-state index in [1.807, 2.05) is 12.1 Å². The summed E-state index contributed by atoms with van der Waals surface area (Å²) in [5.74, 6) is 0. The van der Waals surface area contributed by atoms with Gasteiger partial charge in [0, 0.05) is 7.05 Å². The van der Waals surface area contributed by atoms with Crippen molar-refractivity contribution < 1.29 is 10.2 Å². The molecular formula is C10H15N3O2. The first-order chi connectivity index (χ1) is 7.26. The Kier molecular flexibility index (Phi) is 4.73. The lowest BCUT2D eigenvalue weighted by atomic mass is 10.2. The highest BCUT2D eigenvalue weighted by Crippen LogP contribution is 2.14. The van der Waals surface area contributed by atoms with Crippen LogP contribution in [0.2, 0.25) is 0 Å². The molecule has 0 atom stereocenters. The smallest absolute Gasteiger partial charge is 0.0877 e. The third kappa shape index (κ3) is 4.05. The van der Waals surface area contributed by atoms with Gasteiger partial charge in [0.05, 0.1) is 25.4 Å². The Labute approximate surface area is 88.7 Å². The van der Waals surface area contributed by atoms with Crippen LogP contribution in [0, 0.1) is 0 Å². The van der Waals surface area contributed by atoms with Crippen molar-refractivity contribution in [1.29, 1.82) is 0 Å². The number of hydrogen-bond acceptors (Lipinski definition) is 4. The zero-order valence-corrected chi connectivity index (χ0v) is 8.67. The molecule has 5 heteroatoms. The molecule has 1 rings (SSSR count). The molecule has 1 aromatic carbocycles. The van der Waals surface area contributed by atoms with Crippen LogP contribution in [0.5, 0.6) is 0 Å². The highest BCUT2D eigenvalue weighted by atomic mass is 16.3. The number of hydrogen-bond donors (Lipinski definition) is 2. The Balaban J connectivity index is 2.63. The Hall–Kier alpha value is -1.46. The SMILES string of the molecule is CN(CCO)N=Nc1cccc(CO)c1. The zero-order chi connectivity index (χ0) is 11.1. The first kappa shape index (κ1) is 11.6. The maximum Gasteiger partial charge on any atom is 0.0877 e. The summed E-state index contributed by atoms with van der Waals surface area (Å²) in [6.07, 6.45) is 0. The third-order valence-electron chi connectivity index (χ3n) is 1.83. The Morgan fingerprint density at radius 2 is 2.13 bits per heavy atom. The van der Waals surface area contributed by atoms with Crippen LogP contribution < -0.4 is 0 Å². The Morgan fingerprint density at radius 3 is 2.80 bits per heavy atom. The normalized spacial score (nSPS) is 10.9. The first-order valence-electron chi connectivity index (χ1n) is 4.69. The number of nitrogens with zero attached hydrogens (tertiary/aromatic N) is 3. The van der Waals surface area contributed by atoms with E-state index in [1.54, 1.807) is 24.2 Å². The van der Waals surface area contributed by atoms with Crippen molar-refractivity contribution in [3.63, 3.8) is 0 Å². The van der Waals surface area contributed by atoms with Gasteiger partial charge >= 0.3 is 0 Å². The third-order valence-corrected chi connectivity index (χ3v) is 1.83. The molecule has 0 heterocycles. The molecule has 0 aliphatic heterocycles. The van der Waals surface area contributed by atoms with Crippen molar-refractivity contribution in [2.75, 3.05) is 20.2 Å². The van der Waals surface area contributed by atoms with Crippen LogP contribution in [-0.2, 0) is 6.61 Å². The van der Waals surface area contributed by atoms with Crippen LogP contribution >= 0.6 is 0 Å². The van der Waals surface area contributed by atoms with Gasteiger partial charge in [0.2, 0.25) is 0 Å². The molecule has 0 bridgehead atoms. The molecular weight excluding hydrogens is 194 g/mol. The fourth-order valence-corrected chi connectivity index (χ4v) is 1.03. The predicted octanol–water partition coefficient (Wildman–Crippen LogP) is 1.10. The number of aliphatic hydroxyl groups is 2. The van der Waals surface area contributed by atoms with Gasteiger partial charge in [-0.2, -0.15) is 0 Å². The molecule has 5 nitrogen and oxygen atoms in total. The highest BCUT2D eigenvalue weighted by molar-refractivity contribution is 5.39. The fourth-order valence-electron chi connectivity index (χ4n) is 1.03. The van der Waals surface area contributed by atoms with Gasteiger partial charge in [0.15, 0.2) is 0 Å². The van der Waals surface area contributed by atoms with Crippen molar-refractivity contribution >= 4 is 5.69 Å². The maximum absolute atomic E-state index is 8.91. The van der Waals surface area contributed by atoms with Crippen molar-refractivity contribution in [3.8, 4) is 0 Å². The summed E-state index contributed by atoms with van der Waals surface area (Å²) in [4.78, 5) is 0. The maximum atomic E-state index is 8.91. The molecule has 0 saturated carbocycles. The van der Waals surface area contributed by atoms with Crippen molar-refractivity contribution in [2.24, 2.45) is 10.3 Å². The van der Waals surface area contributed by atoms with Crippen LogP contribution in [0.25, 0.3) is 0 Å². The lowest BCUT2D eigenvalue weighted by Crippen LogP contribution is -2.14. The summed E-state index contributed by atoms with van der Waals surface area (Å²) in [5, 5.41) is 26.9. The summed E-state index contributed by atoms with van der Waals surface area (Å²) in [7, 11) is 1.73. The topological polar surface area (TPSA) is 68.4 Å². The second kappa shape index (κ2) is 6.10. The van der Waals surface area contributed by atoms with Crippen LogP contribution in [-0.4, -0.2) is 35.4 Å². The van der Waals surface area contributed by atoms with Gasteiger partial charge < -0.3 is 10.2 Å². The molecule has 0 aliphatic rings. The van der Waals surface area contributed by atoms with E-state index >= 15 is 0 Å².